The van der Waals surface area contributed by atoms with Gasteiger partial charge in [-0.15, -0.1) is 0 Å². The molecule has 1 aliphatic heterocycles. The van der Waals surface area contributed by atoms with Crippen LogP contribution in [0.15, 0.2) is 10.5 Å². The smallest absolute Gasteiger partial charge is 0.374 e. The minimum absolute atomic E-state index is 0.0181. The van der Waals surface area contributed by atoms with Crippen LogP contribution >= 0.6 is 0 Å². The molecule has 2 aliphatic rings. The van der Waals surface area contributed by atoms with E-state index in [1.54, 1.807) is 13.0 Å². The predicted octanol–water partition coefficient (Wildman–Crippen LogP) is 2.13. The van der Waals surface area contributed by atoms with Crippen molar-refractivity contribution in [3.63, 3.8) is 0 Å². The van der Waals surface area contributed by atoms with Crippen molar-refractivity contribution < 1.29 is 23.5 Å². The maximum Gasteiger partial charge on any atom is 0.374 e. The highest BCUT2D eigenvalue weighted by molar-refractivity contribution is 6.07. The average Bonchev–Trinajstić information content (AvgIpc) is 3.01. The Balaban J connectivity index is 1.79. The first-order valence-electron chi connectivity index (χ1n) is 7.78. The van der Waals surface area contributed by atoms with Crippen LogP contribution in [0, 0.1) is 6.92 Å². The van der Waals surface area contributed by atoms with Crippen LogP contribution in [0.3, 0.4) is 0 Å². The van der Waals surface area contributed by atoms with Crippen LogP contribution in [0.4, 0.5) is 4.79 Å². The summed E-state index contributed by atoms with van der Waals surface area (Å²) < 4.78 is 10.1. The van der Waals surface area contributed by atoms with Crippen LogP contribution in [0.2, 0.25) is 0 Å². The molecule has 2 fully saturated rings. The first kappa shape index (κ1) is 15.6. The van der Waals surface area contributed by atoms with E-state index in [2.05, 4.69) is 10.1 Å². The number of rotatable bonds is 3. The van der Waals surface area contributed by atoms with E-state index in [1.165, 1.54) is 12.0 Å². The van der Waals surface area contributed by atoms with Gasteiger partial charge in [-0.05, 0) is 25.8 Å². The van der Waals surface area contributed by atoms with Gasteiger partial charge in [-0.2, -0.15) is 0 Å². The third-order valence-corrected chi connectivity index (χ3v) is 4.61. The molecule has 1 aromatic heterocycles. The van der Waals surface area contributed by atoms with Gasteiger partial charge < -0.3 is 14.5 Å². The average molecular weight is 320 g/mol. The number of nitrogens with zero attached hydrogens (tertiary/aromatic N) is 1. The number of imide groups is 1. The SMILES string of the molecule is COC(=O)c1oc(CN2C(=O)NC3(CCCCC3)C2=O)cc1C. The normalized spacial score (nSPS) is 20.0. The van der Waals surface area contributed by atoms with Gasteiger partial charge in [0.25, 0.3) is 5.91 Å². The maximum absolute atomic E-state index is 12.7. The first-order valence-corrected chi connectivity index (χ1v) is 7.78. The van der Waals surface area contributed by atoms with Crippen molar-refractivity contribution in [3.05, 3.63) is 23.2 Å². The molecule has 0 aromatic carbocycles. The second-order valence-electron chi connectivity index (χ2n) is 6.18. The molecule has 2 heterocycles. The number of urea groups is 1. The van der Waals surface area contributed by atoms with Gasteiger partial charge in [-0.3, -0.25) is 9.69 Å². The highest BCUT2D eigenvalue weighted by Crippen LogP contribution is 2.34. The van der Waals surface area contributed by atoms with Crippen molar-refractivity contribution >= 4 is 17.9 Å². The molecular weight excluding hydrogens is 300 g/mol. The number of aryl methyl sites for hydroxylation is 1. The number of carbonyl (C=O) groups is 3. The molecule has 1 aromatic rings. The van der Waals surface area contributed by atoms with E-state index >= 15 is 0 Å². The van der Waals surface area contributed by atoms with E-state index in [0.29, 0.717) is 24.2 Å². The van der Waals surface area contributed by atoms with Crippen molar-refractivity contribution in [1.29, 1.82) is 0 Å². The number of hydrogen-bond acceptors (Lipinski definition) is 5. The number of esters is 1. The molecule has 1 spiro atoms. The standard InChI is InChI=1S/C16H20N2O5/c1-10-8-11(23-12(10)13(19)22-2)9-18-14(20)16(17-15(18)21)6-4-3-5-7-16/h8H,3-7,9H2,1-2H3,(H,17,21). The van der Waals surface area contributed by atoms with Crippen molar-refractivity contribution in [2.75, 3.05) is 7.11 Å². The zero-order valence-corrected chi connectivity index (χ0v) is 13.3. The van der Waals surface area contributed by atoms with Gasteiger partial charge in [0.1, 0.15) is 11.3 Å². The molecule has 3 rings (SSSR count). The number of nitrogens with one attached hydrogen (secondary N) is 1. The third kappa shape index (κ3) is 2.60. The van der Waals surface area contributed by atoms with Crippen molar-refractivity contribution in [1.82, 2.24) is 10.2 Å². The molecule has 1 saturated carbocycles. The van der Waals surface area contributed by atoms with Gasteiger partial charge in [0.15, 0.2) is 0 Å². The second kappa shape index (κ2) is 5.72. The van der Waals surface area contributed by atoms with E-state index in [1.807, 2.05) is 0 Å². The van der Waals surface area contributed by atoms with E-state index in [9.17, 15) is 14.4 Å². The Morgan fingerprint density at radius 1 is 1.35 bits per heavy atom. The summed E-state index contributed by atoms with van der Waals surface area (Å²) in [6.07, 6.45) is 4.32. The predicted molar refractivity (Wildman–Crippen MR) is 79.7 cm³/mol. The van der Waals surface area contributed by atoms with E-state index in [4.69, 9.17) is 4.42 Å². The van der Waals surface area contributed by atoms with Crippen LogP contribution in [0.5, 0.6) is 0 Å². The molecule has 1 saturated heterocycles. The molecule has 0 radical (unpaired) electrons. The van der Waals surface area contributed by atoms with Gasteiger partial charge in [-0.25, -0.2) is 9.59 Å². The highest BCUT2D eigenvalue weighted by atomic mass is 16.5. The molecular formula is C16H20N2O5. The summed E-state index contributed by atoms with van der Waals surface area (Å²) in [6.45, 7) is 1.73. The Morgan fingerprint density at radius 2 is 2.04 bits per heavy atom. The van der Waals surface area contributed by atoms with Gasteiger partial charge >= 0.3 is 12.0 Å². The summed E-state index contributed by atoms with van der Waals surface area (Å²) in [4.78, 5) is 37.6. The fraction of sp³-hybridized carbons (Fsp3) is 0.562. The van der Waals surface area contributed by atoms with Crippen LogP contribution in [0.1, 0.15) is 54.0 Å². The fourth-order valence-electron chi connectivity index (χ4n) is 3.39. The molecule has 0 bridgehead atoms. The minimum atomic E-state index is -0.748. The lowest BCUT2D eigenvalue weighted by Gasteiger charge is -2.30. The number of amides is 3. The number of carbonyl (C=O) groups excluding carboxylic acids is 3. The lowest BCUT2D eigenvalue weighted by atomic mass is 9.82. The first-order chi connectivity index (χ1) is 11.0. The van der Waals surface area contributed by atoms with Gasteiger partial charge in [-0.1, -0.05) is 19.3 Å². The monoisotopic (exact) mass is 320 g/mol. The lowest BCUT2D eigenvalue weighted by Crippen LogP contribution is -2.48. The topological polar surface area (TPSA) is 88.8 Å². The zero-order chi connectivity index (χ0) is 16.6. The Morgan fingerprint density at radius 3 is 2.70 bits per heavy atom. The summed E-state index contributed by atoms with van der Waals surface area (Å²) >= 11 is 0. The molecule has 1 N–H and O–H groups in total. The fourth-order valence-corrected chi connectivity index (χ4v) is 3.39. The molecule has 0 unspecified atom stereocenters. The molecule has 23 heavy (non-hydrogen) atoms. The van der Waals surface area contributed by atoms with E-state index in [0.717, 1.165) is 19.3 Å². The summed E-state index contributed by atoms with van der Waals surface area (Å²) in [5.41, 5.74) is -0.131. The van der Waals surface area contributed by atoms with Gasteiger partial charge in [0, 0.05) is 5.56 Å². The summed E-state index contributed by atoms with van der Waals surface area (Å²) in [6, 6.07) is 1.25. The van der Waals surface area contributed by atoms with E-state index in [-0.39, 0.29) is 18.2 Å². The zero-order valence-electron chi connectivity index (χ0n) is 13.3. The van der Waals surface area contributed by atoms with Crippen molar-refractivity contribution in [2.24, 2.45) is 0 Å². The number of ether oxygens (including phenoxy) is 1. The molecule has 124 valence electrons. The Bertz CT molecular complexity index is 657. The maximum atomic E-state index is 12.7. The molecule has 1 aliphatic carbocycles. The summed E-state index contributed by atoms with van der Waals surface area (Å²) in [7, 11) is 1.27. The van der Waals surface area contributed by atoms with Crippen LogP contribution in [-0.2, 0) is 16.1 Å². The number of hydrogen-bond donors (Lipinski definition) is 1. The molecule has 7 nitrogen and oxygen atoms in total. The Hall–Kier alpha value is -2.31. The lowest BCUT2D eigenvalue weighted by molar-refractivity contribution is -0.133. The molecule has 3 amide bonds. The largest absolute Gasteiger partial charge is 0.463 e. The molecule has 7 heteroatoms. The van der Waals surface area contributed by atoms with Crippen LogP contribution in [0.25, 0.3) is 0 Å². The number of methoxy groups -OCH3 is 1. The Kier molecular flexibility index (Phi) is 3.87. The minimum Gasteiger partial charge on any atom is -0.463 e. The quantitative estimate of drug-likeness (QED) is 0.681. The Labute approximate surface area is 134 Å². The van der Waals surface area contributed by atoms with Gasteiger partial charge in [0.05, 0.1) is 13.7 Å². The van der Waals surface area contributed by atoms with Crippen molar-refractivity contribution in [2.45, 2.75) is 51.1 Å². The number of furan rings is 1. The van der Waals surface area contributed by atoms with E-state index < -0.39 is 17.5 Å². The summed E-state index contributed by atoms with van der Waals surface area (Å²) in [5.74, 6) is -0.285. The molecule has 0 atom stereocenters. The summed E-state index contributed by atoms with van der Waals surface area (Å²) in [5, 5.41) is 2.85. The van der Waals surface area contributed by atoms with Gasteiger partial charge in [0.2, 0.25) is 5.76 Å². The van der Waals surface area contributed by atoms with Crippen LogP contribution in [-0.4, -0.2) is 35.5 Å². The van der Waals surface area contributed by atoms with Crippen LogP contribution < -0.4 is 5.32 Å². The van der Waals surface area contributed by atoms with Crippen molar-refractivity contribution in [3.8, 4) is 0 Å². The highest BCUT2D eigenvalue weighted by Gasteiger charge is 2.51. The third-order valence-electron chi connectivity index (χ3n) is 4.61. The second-order valence-corrected chi connectivity index (χ2v) is 6.18.